The van der Waals surface area contributed by atoms with Crippen LogP contribution in [0.15, 0.2) is 28.7 Å². The number of aromatic nitrogens is 1. The second-order valence-electron chi connectivity index (χ2n) is 4.05. The Morgan fingerprint density at radius 2 is 2.12 bits per heavy atom. The molecule has 1 aromatic heterocycles. The first-order valence-corrected chi connectivity index (χ1v) is 7.13. The first kappa shape index (κ1) is 12.6. The van der Waals surface area contributed by atoms with E-state index in [2.05, 4.69) is 52.2 Å². The van der Waals surface area contributed by atoms with Gasteiger partial charge >= 0.3 is 0 Å². The van der Waals surface area contributed by atoms with Gasteiger partial charge in [-0.25, -0.2) is 4.98 Å². The zero-order valence-corrected chi connectivity index (χ0v) is 12.5. The maximum absolute atomic E-state index is 4.57. The van der Waals surface area contributed by atoms with Gasteiger partial charge in [0.05, 0.1) is 16.7 Å². The van der Waals surface area contributed by atoms with E-state index in [0.29, 0.717) is 0 Å². The smallest absolute Gasteiger partial charge is 0.0901 e. The van der Waals surface area contributed by atoms with E-state index in [4.69, 9.17) is 0 Å². The number of anilines is 1. The summed E-state index contributed by atoms with van der Waals surface area (Å²) in [5.74, 6) is 0. The third-order valence-electron chi connectivity index (χ3n) is 2.56. The fourth-order valence-electron chi connectivity index (χ4n) is 1.84. The molecular formula is C13H15BrN2S. The quantitative estimate of drug-likeness (QED) is 0.889. The Balaban J connectivity index is 2.16. The largest absolute Gasteiger partial charge is 0.377 e. The van der Waals surface area contributed by atoms with Crippen molar-refractivity contribution < 1.29 is 0 Å². The van der Waals surface area contributed by atoms with E-state index in [0.717, 1.165) is 20.9 Å². The summed E-state index contributed by atoms with van der Waals surface area (Å²) >= 11 is 5.22. The topological polar surface area (TPSA) is 24.9 Å². The molecule has 0 amide bonds. The molecule has 0 saturated carbocycles. The SMILES string of the molecule is Cc1nc(C(C)Nc2cccc(Br)c2)c(C)s1. The van der Waals surface area contributed by atoms with E-state index in [9.17, 15) is 0 Å². The maximum Gasteiger partial charge on any atom is 0.0901 e. The fraction of sp³-hybridized carbons (Fsp3) is 0.308. The predicted octanol–water partition coefficient (Wildman–Crippen LogP) is 4.70. The number of nitrogens with zero attached hydrogens (tertiary/aromatic N) is 1. The first-order chi connectivity index (χ1) is 8.06. The number of hydrogen-bond donors (Lipinski definition) is 1. The van der Waals surface area contributed by atoms with Crippen molar-refractivity contribution >= 4 is 33.0 Å². The van der Waals surface area contributed by atoms with E-state index in [-0.39, 0.29) is 6.04 Å². The minimum absolute atomic E-state index is 0.231. The van der Waals surface area contributed by atoms with Crippen LogP contribution in [-0.4, -0.2) is 4.98 Å². The summed E-state index contributed by atoms with van der Waals surface area (Å²) in [5.41, 5.74) is 2.25. The van der Waals surface area contributed by atoms with Crippen LogP contribution in [-0.2, 0) is 0 Å². The molecular weight excluding hydrogens is 296 g/mol. The van der Waals surface area contributed by atoms with E-state index in [1.807, 2.05) is 19.1 Å². The third-order valence-corrected chi connectivity index (χ3v) is 3.95. The molecule has 1 aromatic carbocycles. The van der Waals surface area contributed by atoms with Gasteiger partial charge < -0.3 is 5.32 Å². The van der Waals surface area contributed by atoms with Crippen molar-refractivity contribution in [3.8, 4) is 0 Å². The summed E-state index contributed by atoms with van der Waals surface area (Å²) in [6.45, 7) is 6.31. The number of halogens is 1. The maximum atomic E-state index is 4.57. The highest BCUT2D eigenvalue weighted by Gasteiger charge is 2.12. The number of nitrogens with one attached hydrogen (secondary N) is 1. The third kappa shape index (κ3) is 3.07. The van der Waals surface area contributed by atoms with Crippen molar-refractivity contribution in [2.75, 3.05) is 5.32 Å². The molecule has 0 aliphatic carbocycles. The van der Waals surface area contributed by atoms with Crippen LogP contribution in [0.4, 0.5) is 5.69 Å². The summed E-state index contributed by atoms with van der Waals surface area (Å²) in [5, 5.41) is 4.59. The number of benzene rings is 1. The molecule has 0 bridgehead atoms. The molecule has 90 valence electrons. The molecule has 1 heterocycles. The van der Waals surface area contributed by atoms with Crippen LogP contribution in [0.3, 0.4) is 0 Å². The lowest BCUT2D eigenvalue weighted by atomic mass is 10.2. The highest BCUT2D eigenvalue weighted by molar-refractivity contribution is 9.10. The summed E-state index contributed by atoms with van der Waals surface area (Å²) in [4.78, 5) is 5.86. The van der Waals surface area contributed by atoms with Crippen LogP contribution in [0, 0.1) is 13.8 Å². The van der Waals surface area contributed by atoms with Gasteiger partial charge in [0.15, 0.2) is 0 Å². The van der Waals surface area contributed by atoms with Crippen molar-refractivity contribution in [2.45, 2.75) is 26.8 Å². The summed E-state index contributed by atoms with van der Waals surface area (Å²) in [6.07, 6.45) is 0. The van der Waals surface area contributed by atoms with Crippen molar-refractivity contribution in [3.63, 3.8) is 0 Å². The van der Waals surface area contributed by atoms with Crippen molar-refractivity contribution in [3.05, 3.63) is 44.3 Å². The number of hydrogen-bond acceptors (Lipinski definition) is 3. The van der Waals surface area contributed by atoms with Crippen molar-refractivity contribution in [1.29, 1.82) is 0 Å². The number of rotatable bonds is 3. The van der Waals surface area contributed by atoms with Crippen LogP contribution in [0.2, 0.25) is 0 Å². The van der Waals surface area contributed by atoms with Gasteiger partial charge in [0.1, 0.15) is 0 Å². The molecule has 0 aliphatic heterocycles. The molecule has 2 nitrogen and oxygen atoms in total. The van der Waals surface area contributed by atoms with Crippen LogP contribution in [0.1, 0.15) is 28.5 Å². The Morgan fingerprint density at radius 1 is 1.35 bits per heavy atom. The van der Waals surface area contributed by atoms with Gasteiger partial charge in [-0.3, -0.25) is 0 Å². The van der Waals surface area contributed by atoms with Crippen LogP contribution in [0.5, 0.6) is 0 Å². The normalized spacial score (nSPS) is 12.5. The van der Waals surface area contributed by atoms with E-state index in [1.165, 1.54) is 4.88 Å². The molecule has 1 atom stereocenters. The first-order valence-electron chi connectivity index (χ1n) is 5.52. The molecule has 0 spiro atoms. The van der Waals surface area contributed by atoms with Gasteiger partial charge in [0.25, 0.3) is 0 Å². The lowest BCUT2D eigenvalue weighted by Gasteiger charge is -2.14. The highest BCUT2D eigenvalue weighted by atomic mass is 79.9. The van der Waals surface area contributed by atoms with Gasteiger partial charge in [-0.2, -0.15) is 0 Å². The van der Waals surface area contributed by atoms with Gasteiger partial charge in [-0.1, -0.05) is 22.0 Å². The Labute approximate surface area is 114 Å². The minimum atomic E-state index is 0.231. The standard InChI is InChI=1S/C13H15BrN2S/c1-8(13-9(2)17-10(3)16-13)15-12-6-4-5-11(14)7-12/h4-8,15H,1-3H3. The van der Waals surface area contributed by atoms with Gasteiger partial charge in [0.2, 0.25) is 0 Å². The van der Waals surface area contributed by atoms with E-state index in [1.54, 1.807) is 11.3 Å². The molecule has 1 unspecified atom stereocenters. The minimum Gasteiger partial charge on any atom is -0.377 e. The van der Waals surface area contributed by atoms with Crippen molar-refractivity contribution in [2.24, 2.45) is 0 Å². The number of thiazole rings is 1. The average Bonchev–Trinajstić information content (AvgIpc) is 2.58. The lowest BCUT2D eigenvalue weighted by Crippen LogP contribution is -2.08. The molecule has 2 rings (SSSR count). The second kappa shape index (κ2) is 5.19. The highest BCUT2D eigenvalue weighted by Crippen LogP contribution is 2.26. The molecule has 0 radical (unpaired) electrons. The molecule has 17 heavy (non-hydrogen) atoms. The van der Waals surface area contributed by atoms with Gasteiger partial charge in [-0.15, -0.1) is 11.3 Å². The van der Waals surface area contributed by atoms with Crippen LogP contribution < -0.4 is 5.32 Å². The zero-order valence-electron chi connectivity index (χ0n) is 10.1. The Hall–Kier alpha value is -0.870. The molecule has 0 aliphatic rings. The molecule has 1 N–H and O–H groups in total. The molecule has 0 fully saturated rings. The lowest BCUT2D eigenvalue weighted by molar-refractivity contribution is 0.837. The second-order valence-corrected chi connectivity index (χ2v) is 6.37. The Bertz CT molecular complexity index is 522. The number of aryl methyl sites for hydroxylation is 2. The van der Waals surface area contributed by atoms with Crippen LogP contribution >= 0.6 is 27.3 Å². The van der Waals surface area contributed by atoms with E-state index >= 15 is 0 Å². The Morgan fingerprint density at radius 3 is 2.71 bits per heavy atom. The summed E-state index contributed by atoms with van der Waals surface area (Å²) in [6, 6.07) is 8.42. The average molecular weight is 311 g/mol. The van der Waals surface area contributed by atoms with Gasteiger partial charge in [0, 0.05) is 15.0 Å². The zero-order chi connectivity index (χ0) is 12.4. The van der Waals surface area contributed by atoms with Crippen LogP contribution in [0.25, 0.3) is 0 Å². The fourth-order valence-corrected chi connectivity index (χ4v) is 3.16. The molecule has 0 saturated heterocycles. The summed E-state index contributed by atoms with van der Waals surface area (Å²) < 4.78 is 1.08. The summed E-state index contributed by atoms with van der Waals surface area (Å²) in [7, 11) is 0. The molecule has 2 aromatic rings. The Kier molecular flexibility index (Phi) is 3.84. The predicted molar refractivity (Wildman–Crippen MR) is 77.8 cm³/mol. The monoisotopic (exact) mass is 310 g/mol. The van der Waals surface area contributed by atoms with Crippen molar-refractivity contribution in [1.82, 2.24) is 4.98 Å². The molecule has 4 heteroatoms. The van der Waals surface area contributed by atoms with E-state index < -0.39 is 0 Å². The van der Waals surface area contributed by atoms with Gasteiger partial charge in [-0.05, 0) is 39.0 Å².